The lowest BCUT2D eigenvalue weighted by atomic mass is 10.0. The number of aromatic nitrogens is 2. The third-order valence-electron chi connectivity index (χ3n) is 4.51. The normalized spacial score (nSPS) is 18.0. The average molecular weight is 343 g/mol. The van der Waals surface area contributed by atoms with Gasteiger partial charge in [0.2, 0.25) is 0 Å². The highest BCUT2D eigenvalue weighted by Gasteiger charge is 2.18. The third kappa shape index (κ3) is 2.76. The van der Waals surface area contributed by atoms with Crippen molar-refractivity contribution in [2.45, 2.75) is 25.5 Å². The highest BCUT2D eigenvalue weighted by atomic mass is 35.5. The lowest BCUT2D eigenvalue weighted by Crippen LogP contribution is -2.18. The quantitative estimate of drug-likeness (QED) is 0.667. The van der Waals surface area contributed by atoms with Crippen molar-refractivity contribution >= 4 is 22.5 Å². The van der Waals surface area contributed by atoms with Gasteiger partial charge in [-0.15, -0.1) is 0 Å². The van der Waals surface area contributed by atoms with Crippen molar-refractivity contribution in [1.29, 1.82) is 0 Å². The van der Waals surface area contributed by atoms with E-state index in [1.54, 1.807) is 7.11 Å². The molecular weight excluding hydrogens is 324 g/mol. The van der Waals surface area contributed by atoms with Crippen LogP contribution in [0.1, 0.15) is 25.5 Å². The fourth-order valence-corrected chi connectivity index (χ4v) is 3.41. The van der Waals surface area contributed by atoms with Gasteiger partial charge in [0, 0.05) is 12.0 Å². The summed E-state index contributed by atoms with van der Waals surface area (Å²) in [5.41, 5.74) is 3.29. The number of hydrogen-bond acceptors (Lipinski definition) is 3. The number of nitrogens with zero attached hydrogens (tertiary/aromatic N) is 2. The van der Waals surface area contributed by atoms with Crippen molar-refractivity contribution < 1.29 is 9.47 Å². The smallest absolute Gasteiger partial charge is 0.150 e. The highest BCUT2D eigenvalue weighted by Crippen LogP contribution is 2.33. The van der Waals surface area contributed by atoms with Crippen molar-refractivity contribution in [3.63, 3.8) is 0 Å². The van der Waals surface area contributed by atoms with Crippen LogP contribution in [0.15, 0.2) is 42.6 Å². The van der Waals surface area contributed by atoms with Crippen LogP contribution in [0, 0.1) is 0 Å². The van der Waals surface area contributed by atoms with Gasteiger partial charge in [0.25, 0.3) is 0 Å². The predicted octanol–water partition coefficient (Wildman–Crippen LogP) is 5.06. The van der Waals surface area contributed by atoms with E-state index in [1.807, 2.05) is 29.1 Å². The largest absolute Gasteiger partial charge is 0.495 e. The van der Waals surface area contributed by atoms with Crippen molar-refractivity contribution in [1.82, 2.24) is 9.78 Å². The van der Waals surface area contributed by atoms with Crippen molar-refractivity contribution in [2.75, 3.05) is 13.7 Å². The molecule has 1 aromatic heterocycles. The molecule has 5 heteroatoms. The van der Waals surface area contributed by atoms with Gasteiger partial charge in [-0.3, -0.25) is 0 Å². The van der Waals surface area contributed by atoms with E-state index in [2.05, 4.69) is 23.3 Å². The van der Waals surface area contributed by atoms with Gasteiger partial charge < -0.3 is 9.47 Å². The number of ether oxygens (including phenoxy) is 2. The summed E-state index contributed by atoms with van der Waals surface area (Å²) < 4.78 is 13.2. The van der Waals surface area contributed by atoms with Gasteiger partial charge in [0.15, 0.2) is 6.23 Å². The van der Waals surface area contributed by atoms with E-state index in [1.165, 1.54) is 6.42 Å². The van der Waals surface area contributed by atoms with Crippen molar-refractivity contribution in [3.05, 3.63) is 47.6 Å². The maximum absolute atomic E-state index is 6.12. The standard InChI is InChI=1S/C19H19ClN2O2/c1-23-18-11-14(5-7-16(18)20)13-6-8-17-15(10-13)12-21-22(17)19-4-2-3-9-24-19/h5-8,10-12,19H,2-4,9H2,1H3. The van der Waals surface area contributed by atoms with Crippen LogP contribution in [0.5, 0.6) is 5.75 Å². The summed E-state index contributed by atoms with van der Waals surface area (Å²) in [6, 6.07) is 12.2. The number of halogens is 1. The molecule has 1 fully saturated rings. The Kier molecular flexibility index (Phi) is 4.17. The summed E-state index contributed by atoms with van der Waals surface area (Å²) in [6.45, 7) is 0.814. The fourth-order valence-electron chi connectivity index (χ4n) is 3.22. The maximum atomic E-state index is 6.12. The van der Waals surface area contributed by atoms with E-state index < -0.39 is 0 Å². The van der Waals surface area contributed by atoms with E-state index in [-0.39, 0.29) is 6.23 Å². The minimum atomic E-state index is 0.0534. The van der Waals surface area contributed by atoms with Crippen LogP contribution in [-0.4, -0.2) is 23.5 Å². The van der Waals surface area contributed by atoms with Crippen molar-refractivity contribution in [3.8, 4) is 16.9 Å². The summed E-state index contributed by atoms with van der Waals surface area (Å²) in [6.07, 6.45) is 5.31. The first-order chi connectivity index (χ1) is 11.8. The molecule has 4 nitrogen and oxygen atoms in total. The second-order valence-electron chi connectivity index (χ2n) is 6.03. The molecule has 2 aromatic carbocycles. The lowest BCUT2D eigenvalue weighted by molar-refractivity contribution is -0.0366. The fraction of sp³-hybridized carbons (Fsp3) is 0.316. The second-order valence-corrected chi connectivity index (χ2v) is 6.44. The van der Waals surface area contributed by atoms with Gasteiger partial charge in [-0.25, -0.2) is 4.68 Å². The van der Waals surface area contributed by atoms with Gasteiger partial charge in [0.1, 0.15) is 5.75 Å². The van der Waals surface area contributed by atoms with E-state index in [0.29, 0.717) is 10.8 Å². The highest BCUT2D eigenvalue weighted by molar-refractivity contribution is 6.32. The zero-order valence-corrected chi connectivity index (χ0v) is 14.3. The van der Waals surface area contributed by atoms with E-state index in [9.17, 15) is 0 Å². The first kappa shape index (κ1) is 15.5. The Labute approximate surface area is 145 Å². The molecule has 0 amide bonds. The monoisotopic (exact) mass is 342 g/mol. The molecule has 1 aliphatic heterocycles. The molecule has 124 valence electrons. The Hall–Kier alpha value is -2.04. The number of hydrogen-bond donors (Lipinski definition) is 0. The van der Waals surface area contributed by atoms with E-state index >= 15 is 0 Å². The van der Waals surface area contributed by atoms with Crippen LogP contribution >= 0.6 is 11.6 Å². The number of benzene rings is 2. The van der Waals surface area contributed by atoms with Crippen LogP contribution in [0.4, 0.5) is 0 Å². The van der Waals surface area contributed by atoms with Gasteiger partial charge in [-0.1, -0.05) is 23.7 Å². The number of fused-ring (bicyclic) bond motifs is 1. The third-order valence-corrected chi connectivity index (χ3v) is 4.82. The Morgan fingerprint density at radius 1 is 1.17 bits per heavy atom. The first-order valence-electron chi connectivity index (χ1n) is 8.19. The molecule has 3 aromatic rings. The Morgan fingerprint density at radius 3 is 2.79 bits per heavy atom. The minimum Gasteiger partial charge on any atom is -0.495 e. The van der Waals surface area contributed by atoms with Crippen LogP contribution < -0.4 is 4.74 Å². The molecule has 1 atom stereocenters. The van der Waals surface area contributed by atoms with Gasteiger partial charge in [-0.05, 0) is 54.7 Å². The topological polar surface area (TPSA) is 36.3 Å². The molecule has 0 bridgehead atoms. The molecule has 1 saturated heterocycles. The maximum Gasteiger partial charge on any atom is 0.150 e. The molecule has 0 radical (unpaired) electrons. The van der Waals surface area contributed by atoms with Gasteiger partial charge in [0.05, 0.1) is 23.8 Å². The van der Waals surface area contributed by atoms with E-state index in [0.717, 1.165) is 41.5 Å². The van der Waals surface area contributed by atoms with Crippen LogP contribution in [0.3, 0.4) is 0 Å². The number of rotatable bonds is 3. The van der Waals surface area contributed by atoms with Crippen LogP contribution in [0.25, 0.3) is 22.0 Å². The zero-order valence-electron chi connectivity index (χ0n) is 13.5. The Bertz CT molecular complexity index is 869. The summed E-state index contributed by atoms with van der Waals surface area (Å²) in [5.74, 6) is 0.681. The van der Waals surface area contributed by atoms with Crippen LogP contribution in [0.2, 0.25) is 5.02 Å². The van der Waals surface area contributed by atoms with Crippen LogP contribution in [-0.2, 0) is 4.74 Å². The second kappa shape index (κ2) is 6.46. The number of methoxy groups -OCH3 is 1. The summed E-state index contributed by atoms with van der Waals surface area (Å²) in [4.78, 5) is 0. The molecule has 0 N–H and O–H groups in total. The molecule has 2 heterocycles. The molecule has 0 aliphatic carbocycles. The molecular formula is C19H19ClN2O2. The zero-order chi connectivity index (χ0) is 16.5. The van der Waals surface area contributed by atoms with E-state index in [4.69, 9.17) is 21.1 Å². The lowest BCUT2D eigenvalue weighted by Gasteiger charge is -2.23. The SMILES string of the molecule is COc1cc(-c2ccc3c(cnn3C3CCCCO3)c2)ccc1Cl. The minimum absolute atomic E-state index is 0.0534. The Morgan fingerprint density at radius 2 is 2.00 bits per heavy atom. The van der Waals surface area contributed by atoms with Gasteiger partial charge in [-0.2, -0.15) is 5.10 Å². The molecule has 4 rings (SSSR count). The molecule has 0 saturated carbocycles. The van der Waals surface area contributed by atoms with Gasteiger partial charge >= 0.3 is 0 Å². The molecule has 24 heavy (non-hydrogen) atoms. The summed E-state index contributed by atoms with van der Waals surface area (Å²) >= 11 is 6.12. The summed E-state index contributed by atoms with van der Waals surface area (Å²) in [5, 5.41) is 6.27. The van der Waals surface area contributed by atoms with Crippen molar-refractivity contribution in [2.24, 2.45) is 0 Å². The molecule has 1 aliphatic rings. The first-order valence-corrected chi connectivity index (χ1v) is 8.57. The predicted molar refractivity (Wildman–Crippen MR) is 95.6 cm³/mol. The molecule has 0 spiro atoms. The average Bonchev–Trinajstić information content (AvgIpc) is 3.06. The molecule has 1 unspecified atom stereocenters. The summed E-state index contributed by atoms with van der Waals surface area (Å²) in [7, 11) is 1.63. The Balaban J connectivity index is 1.71.